The number of allylic oxidation sites excluding steroid dienone is 1. The molecule has 5 aliphatic rings. The molecule has 116 valence electrons. The van der Waals surface area contributed by atoms with Crippen molar-refractivity contribution in [2.75, 3.05) is 6.54 Å². The molecule has 0 aromatic heterocycles. The van der Waals surface area contributed by atoms with Gasteiger partial charge in [-0.3, -0.25) is 0 Å². The maximum atomic E-state index is 5.80. The van der Waals surface area contributed by atoms with Gasteiger partial charge in [-0.2, -0.15) is 5.10 Å². The maximum absolute atomic E-state index is 5.80. The van der Waals surface area contributed by atoms with Gasteiger partial charge in [0, 0.05) is 18.7 Å². The van der Waals surface area contributed by atoms with Crippen molar-refractivity contribution in [1.29, 1.82) is 0 Å². The molecule has 0 atom stereocenters. The van der Waals surface area contributed by atoms with E-state index in [0.29, 0.717) is 5.41 Å². The van der Waals surface area contributed by atoms with Crippen molar-refractivity contribution in [3.05, 3.63) is 12.3 Å². The number of nitrogens with zero attached hydrogens (tertiary/aromatic N) is 2. The molecule has 0 aromatic rings. The summed E-state index contributed by atoms with van der Waals surface area (Å²) in [6, 6.07) is 0. The molecule has 0 spiro atoms. The average Bonchev–Trinajstić information content (AvgIpc) is 2.44. The van der Waals surface area contributed by atoms with Gasteiger partial charge in [0.2, 0.25) is 0 Å². The molecule has 21 heavy (non-hydrogen) atoms. The zero-order valence-corrected chi connectivity index (χ0v) is 13.2. The summed E-state index contributed by atoms with van der Waals surface area (Å²) in [6.45, 7) is 5.32. The molecule has 0 unspecified atom stereocenters. The second-order valence-electron chi connectivity index (χ2n) is 8.31. The van der Waals surface area contributed by atoms with Crippen LogP contribution in [0.1, 0.15) is 64.2 Å². The number of piperidine rings is 1. The van der Waals surface area contributed by atoms with Gasteiger partial charge in [-0.25, -0.2) is 0 Å². The topological polar surface area (TPSA) is 41.6 Å². The molecule has 4 saturated carbocycles. The smallest absolute Gasteiger partial charge is 0.129 e. The van der Waals surface area contributed by atoms with E-state index in [4.69, 9.17) is 5.84 Å². The highest BCUT2D eigenvalue weighted by Crippen LogP contribution is 2.61. The molecule has 1 heterocycles. The summed E-state index contributed by atoms with van der Waals surface area (Å²) in [7, 11) is 0. The molecule has 1 aliphatic heterocycles. The summed E-state index contributed by atoms with van der Waals surface area (Å²) in [5, 5.41) is 4.22. The van der Waals surface area contributed by atoms with Crippen molar-refractivity contribution in [1.82, 2.24) is 4.90 Å². The number of hydrogen-bond acceptors (Lipinski definition) is 2. The third-order valence-electron chi connectivity index (χ3n) is 6.64. The maximum Gasteiger partial charge on any atom is 0.129 e. The number of hydrazone groups is 1. The zero-order valence-electron chi connectivity index (χ0n) is 13.2. The number of hydrogen-bond donors (Lipinski definition) is 1. The van der Waals surface area contributed by atoms with Gasteiger partial charge in [0.15, 0.2) is 0 Å². The van der Waals surface area contributed by atoms with Crippen molar-refractivity contribution < 1.29 is 0 Å². The molecule has 3 heteroatoms. The van der Waals surface area contributed by atoms with Gasteiger partial charge in [0.05, 0.1) is 0 Å². The minimum atomic E-state index is 0.519. The molecular weight excluding hydrogens is 258 g/mol. The van der Waals surface area contributed by atoms with Crippen molar-refractivity contribution in [3.63, 3.8) is 0 Å². The number of rotatable bonds is 2. The fourth-order valence-corrected chi connectivity index (χ4v) is 6.26. The Morgan fingerprint density at radius 1 is 1.14 bits per heavy atom. The minimum absolute atomic E-state index is 0.519. The van der Waals surface area contributed by atoms with E-state index >= 15 is 0 Å². The Morgan fingerprint density at radius 3 is 2.29 bits per heavy atom. The van der Waals surface area contributed by atoms with Gasteiger partial charge in [0.1, 0.15) is 5.84 Å². The van der Waals surface area contributed by atoms with Crippen LogP contribution in [0.4, 0.5) is 0 Å². The van der Waals surface area contributed by atoms with Gasteiger partial charge in [-0.15, -0.1) is 0 Å². The first kappa shape index (κ1) is 13.7. The predicted molar refractivity (Wildman–Crippen MR) is 86.5 cm³/mol. The van der Waals surface area contributed by atoms with Gasteiger partial charge < -0.3 is 10.7 Å². The highest BCUT2D eigenvalue weighted by molar-refractivity contribution is 5.84. The summed E-state index contributed by atoms with van der Waals surface area (Å²) in [6.07, 6.45) is 13.5. The summed E-state index contributed by atoms with van der Waals surface area (Å²) in [5.74, 6) is 9.93. The highest BCUT2D eigenvalue weighted by atomic mass is 15.3. The summed E-state index contributed by atoms with van der Waals surface area (Å²) in [5.41, 5.74) is 1.75. The number of nitrogens with two attached hydrogens (primary N) is 1. The lowest BCUT2D eigenvalue weighted by atomic mass is 9.49. The Hall–Kier alpha value is -0.990. The van der Waals surface area contributed by atoms with Crippen LogP contribution in [-0.4, -0.2) is 17.3 Å². The van der Waals surface area contributed by atoms with Crippen LogP contribution in [0.2, 0.25) is 0 Å². The van der Waals surface area contributed by atoms with Crippen LogP contribution in [0.3, 0.4) is 0 Å². The fourth-order valence-electron chi connectivity index (χ4n) is 6.26. The van der Waals surface area contributed by atoms with Crippen LogP contribution in [0.5, 0.6) is 0 Å². The predicted octanol–water partition coefficient (Wildman–Crippen LogP) is 3.86. The molecule has 4 bridgehead atoms. The monoisotopic (exact) mass is 287 g/mol. The molecule has 4 aliphatic carbocycles. The largest absolute Gasteiger partial charge is 0.333 e. The van der Waals surface area contributed by atoms with Crippen molar-refractivity contribution in [2.24, 2.45) is 34.1 Å². The normalized spacial score (nSPS) is 42.7. The second kappa shape index (κ2) is 5.03. The van der Waals surface area contributed by atoms with Gasteiger partial charge >= 0.3 is 0 Å². The molecule has 0 amide bonds. The summed E-state index contributed by atoms with van der Waals surface area (Å²) in [4.78, 5) is 2.34. The van der Waals surface area contributed by atoms with Gasteiger partial charge in [-0.05, 0) is 81.0 Å². The third-order valence-corrected chi connectivity index (χ3v) is 6.64. The summed E-state index contributed by atoms with van der Waals surface area (Å²) < 4.78 is 0. The molecule has 1 saturated heterocycles. The van der Waals surface area contributed by atoms with Crippen molar-refractivity contribution in [3.8, 4) is 0 Å². The van der Waals surface area contributed by atoms with Crippen LogP contribution in [0, 0.1) is 23.2 Å². The fraction of sp³-hybridized carbons (Fsp3) is 0.833. The van der Waals surface area contributed by atoms with Crippen molar-refractivity contribution >= 4 is 5.84 Å². The number of amidine groups is 1. The lowest BCUT2D eigenvalue weighted by molar-refractivity contribution is -0.0493. The Labute approximate surface area is 128 Å². The first-order chi connectivity index (χ1) is 10.2. The van der Waals surface area contributed by atoms with E-state index in [9.17, 15) is 0 Å². The van der Waals surface area contributed by atoms with Gasteiger partial charge in [-0.1, -0.05) is 6.58 Å². The molecule has 3 nitrogen and oxygen atoms in total. The first-order valence-electron chi connectivity index (χ1n) is 8.89. The SMILES string of the molecule is C=C1CCCCN1/C(CC12CC3CC(CC(C3)C1)C2)=N\N. The Bertz CT molecular complexity index is 430. The van der Waals surface area contributed by atoms with Crippen LogP contribution in [0.25, 0.3) is 0 Å². The quantitative estimate of drug-likeness (QED) is 0.362. The second-order valence-corrected chi connectivity index (χ2v) is 8.31. The van der Waals surface area contributed by atoms with Gasteiger partial charge in [0.25, 0.3) is 0 Å². The Morgan fingerprint density at radius 2 is 1.76 bits per heavy atom. The van der Waals surface area contributed by atoms with Crippen molar-refractivity contribution in [2.45, 2.75) is 64.2 Å². The summed E-state index contributed by atoms with van der Waals surface area (Å²) >= 11 is 0. The van der Waals surface area contributed by atoms with Crippen LogP contribution in [-0.2, 0) is 0 Å². The Balaban J connectivity index is 1.52. The highest BCUT2D eigenvalue weighted by Gasteiger charge is 2.51. The molecule has 5 fully saturated rings. The van der Waals surface area contributed by atoms with E-state index in [1.165, 1.54) is 57.1 Å². The molecule has 0 aromatic carbocycles. The van der Waals surface area contributed by atoms with E-state index in [0.717, 1.165) is 43.0 Å². The van der Waals surface area contributed by atoms with Crippen LogP contribution < -0.4 is 5.84 Å². The first-order valence-corrected chi connectivity index (χ1v) is 8.89. The minimum Gasteiger partial charge on any atom is -0.333 e. The van der Waals surface area contributed by atoms with Crippen LogP contribution in [0.15, 0.2) is 17.4 Å². The third kappa shape index (κ3) is 2.39. The number of likely N-dealkylation sites (tertiary alicyclic amines) is 1. The van der Waals surface area contributed by atoms with E-state index < -0.39 is 0 Å². The molecular formula is C18H29N3. The lowest BCUT2D eigenvalue weighted by Gasteiger charge is -2.57. The lowest BCUT2D eigenvalue weighted by Crippen LogP contribution is -2.48. The Kier molecular flexibility index (Phi) is 3.27. The molecule has 5 rings (SSSR count). The van der Waals surface area contributed by atoms with E-state index in [1.54, 1.807) is 0 Å². The average molecular weight is 287 g/mol. The van der Waals surface area contributed by atoms with E-state index in [2.05, 4.69) is 16.6 Å². The van der Waals surface area contributed by atoms with E-state index in [-0.39, 0.29) is 0 Å². The molecule has 2 N–H and O–H groups in total. The molecule has 0 radical (unpaired) electrons. The van der Waals surface area contributed by atoms with E-state index in [1.807, 2.05) is 0 Å². The van der Waals surface area contributed by atoms with Crippen LogP contribution >= 0.6 is 0 Å². The standard InChI is InChI=1S/C18H29N3/c1-13-4-2-3-5-21(13)17(20-19)12-18-9-14-6-15(10-18)8-16(7-14)11-18/h14-16H,1-12,19H2/b20-17-. The zero-order chi connectivity index (χ0) is 14.4.